The Balaban J connectivity index is 1.44. The van der Waals surface area contributed by atoms with E-state index in [1.807, 2.05) is 25.1 Å². The summed E-state index contributed by atoms with van der Waals surface area (Å²) in [6.45, 7) is 2.15. The van der Waals surface area contributed by atoms with Crippen LogP contribution in [0.3, 0.4) is 0 Å². The van der Waals surface area contributed by atoms with Crippen LogP contribution in [-0.2, 0) is 14.3 Å². The molecule has 1 aliphatic rings. The van der Waals surface area contributed by atoms with Crippen molar-refractivity contribution in [3.63, 3.8) is 0 Å². The molecule has 0 aliphatic carbocycles. The molecule has 2 aromatic rings. The molecule has 0 atom stereocenters. The molecule has 0 bridgehead atoms. The fourth-order valence-corrected chi connectivity index (χ4v) is 3.57. The van der Waals surface area contributed by atoms with Gasteiger partial charge in [-0.1, -0.05) is 23.7 Å². The Bertz CT molecular complexity index is 1070. The number of nitrogens with zero attached hydrogens (tertiary/aromatic N) is 2. The molecular formula is C22H23ClN4O6. The van der Waals surface area contributed by atoms with E-state index in [1.165, 1.54) is 12.1 Å². The maximum Gasteiger partial charge on any atom is 0.321 e. The van der Waals surface area contributed by atoms with E-state index in [0.717, 1.165) is 11.6 Å². The average Bonchev–Trinajstić information content (AvgIpc) is 2.79. The first-order valence-corrected chi connectivity index (χ1v) is 10.6. The number of halogens is 1. The predicted octanol–water partition coefficient (Wildman–Crippen LogP) is 3.98. The summed E-state index contributed by atoms with van der Waals surface area (Å²) < 4.78 is 5.09. The van der Waals surface area contributed by atoms with Crippen LogP contribution < -0.4 is 10.6 Å². The van der Waals surface area contributed by atoms with Crippen LogP contribution in [0, 0.1) is 23.0 Å². The molecule has 0 spiro atoms. The fourth-order valence-electron chi connectivity index (χ4n) is 3.41. The smallest absolute Gasteiger partial charge is 0.321 e. The van der Waals surface area contributed by atoms with E-state index in [4.69, 9.17) is 16.3 Å². The molecule has 2 N–H and O–H groups in total. The van der Waals surface area contributed by atoms with Crippen molar-refractivity contribution in [3.8, 4) is 0 Å². The number of nitro groups is 1. The lowest BCUT2D eigenvalue weighted by Crippen LogP contribution is -2.43. The first kappa shape index (κ1) is 24.0. The van der Waals surface area contributed by atoms with Crippen molar-refractivity contribution in [1.82, 2.24) is 4.90 Å². The van der Waals surface area contributed by atoms with Crippen LogP contribution in [0.4, 0.5) is 21.9 Å². The molecule has 1 aliphatic heterocycles. The number of non-ortho nitro benzene ring substituents is 1. The topological polar surface area (TPSA) is 131 Å². The number of carbonyl (C=O) groups is 3. The lowest BCUT2D eigenvalue weighted by Gasteiger charge is -2.31. The summed E-state index contributed by atoms with van der Waals surface area (Å²) in [4.78, 5) is 48.7. The maximum absolute atomic E-state index is 12.4. The highest BCUT2D eigenvalue weighted by molar-refractivity contribution is 6.33. The van der Waals surface area contributed by atoms with E-state index >= 15 is 0 Å². The van der Waals surface area contributed by atoms with Crippen molar-refractivity contribution in [3.05, 3.63) is 63.2 Å². The number of esters is 1. The SMILES string of the molecule is Cc1cccc(NC(=O)N2CCC(C(=O)OCC(=O)Nc3cc([N+](=O)[O-])ccc3Cl)CC2)c1. The zero-order chi connectivity index (χ0) is 24.0. The van der Waals surface area contributed by atoms with Gasteiger partial charge in [-0.25, -0.2) is 4.79 Å². The summed E-state index contributed by atoms with van der Waals surface area (Å²) in [6.07, 6.45) is 0.830. The van der Waals surface area contributed by atoms with Gasteiger partial charge in [0.25, 0.3) is 11.6 Å². The summed E-state index contributed by atoms with van der Waals surface area (Å²) in [5.41, 5.74) is 1.56. The van der Waals surface area contributed by atoms with Crippen LogP contribution in [0.5, 0.6) is 0 Å². The number of urea groups is 1. The zero-order valence-corrected chi connectivity index (χ0v) is 18.6. The number of amides is 3. The number of nitrogens with one attached hydrogen (secondary N) is 2. The first-order chi connectivity index (χ1) is 15.7. The van der Waals surface area contributed by atoms with Gasteiger partial charge < -0.3 is 20.3 Å². The number of aryl methyl sites for hydroxylation is 1. The van der Waals surface area contributed by atoms with Crippen molar-refractivity contribution >= 4 is 46.6 Å². The molecule has 2 aromatic carbocycles. The molecule has 0 aromatic heterocycles. The second-order valence-corrected chi connectivity index (χ2v) is 8.05. The van der Waals surface area contributed by atoms with Gasteiger partial charge in [-0.3, -0.25) is 19.7 Å². The molecule has 10 nitrogen and oxygen atoms in total. The van der Waals surface area contributed by atoms with Crippen molar-refractivity contribution < 1.29 is 24.0 Å². The van der Waals surface area contributed by atoms with E-state index in [1.54, 1.807) is 11.0 Å². The standard InChI is InChI=1S/C22H23ClN4O6/c1-14-3-2-4-16(11-14)24-22(30)26-9-7-15(8-10-26)21(29)33-13-20(28)25-19-12-17(27(31)32)5-6-18(19)23/h2-6,11-12,15H,7-10,13H2,1H3,(H,24,30)(H,25,28). The van der Waals surface area contributed by atoms with Gasteiger partial charge in [0.05, 0.1) is 21.6 Å². The second kappa shape index (κ2) is 10.8. The third-order valence-corrected chi connectivity index (χ3v) is 5.49. The number of hydrogen-bond acceptors (Lipinski definition) is 6. The number of carbonyl (C=O) groups excluding carboxylic acids is 3. The highest BCUT2D eigenvalue weighted by Gasteiger charge is 2.29. The molecule has 0 radical (unpaired) electrons. The van der Waals surface area contributed by atoms with Crippen molar-refractivity contribution in [1.29, 1.82) is 0 Å². The number of hydrogen-bond donors (Lipinski definition) is 2. The molecule has 33 heavy (non-hydrogen) atoms. The Morgan fingerprint density at radius 3 is 2.55 bits per heavy atom. The van der Waals surface area contributed by atoms with Gasteiger partial charge in [0.15, 0.2) is 6.61 Å². The van der Waals surface area contributed by atoms with Crippen LogP contribution in [0.2, 0.25) is 5.02 Å². The van der Waals surface area contributed by atoms with Crippen LogP contribution in [-0.4, -0.2) is 47.4 Å². The Labute approximate surface area is 195 Å². The molecule has 1 saturated heterocycles. The summed E-state index contributed by atoms with van der Waals surface area (Å²) in [6, 6.07) is 10.9. The average molecular weight is 475 g/mol. The first-order valence-electron chi connectivity index (χ1n) is 10.3. The van der Waals surface area contributed by atoms with Crippen LogP contribution in [0.1, 0.15) is 18.4 Å². The molecule has 174 valence electrons. The lowest BCUT2D eigenvalue weighted by atomic mass is 9.97. The number of rotatable bonds is 6. The van der Waals surface area contributed by atoms with Gasteiger partial charge >= 0.3 is 12.0 Å². The maximum atomic E-state index is 12.4. The number of anilines is 2. The molecule has 3 amide bonds. The Hall–Kier alpha value is -3.66. The third-order valence-electron chi connectivity index (χ3n) is 5.17. The fraction of sp³-hybridized carbons (Fsp3) is 0.318. The van der Waals surface area contributed by atoms with Gasteiger partial charge in [-0.2, -0.15) is 0 Å². The Kier molecular flexibility index (Phi) is 7.83. The van der Waals surface area contributed by atoms with Crippen molar-refractivity contribution in [2.24, 2.45) is 5.92 Å². The minimum atomic E-state index is -0.666. The lowest BCUT2D eigenvalue weighted by molar-refractivity contribution is -0.384. The van der Waals surface area contributed by atoms with Crippen LogP contribution in [0.25, 0.3) is 0 Å². The summed E-state index contributed by atoms with van der Waals surface area (Å²) >= 11 is 5.94. The monoisotopic (exact) mass is 474 g/mol. The van der Waals surface area contributed by atoms with Crippen molar-refractivity contribution in [2.75, 3.05) is 30.3 Å². The summed E-state index contributed by atoms with van der Waals surface area (Å²) in [7, 11) is 0. The van der Waals surface area contributed by atoms with E-state index in [2.05, 4.69) is 10.6 Å². The quantitative estimate of drug-likeness (QED) is 0.370. The minimum absolute atomic E-state index is 0.0554. The zero-order valence-electron chi connectivity index (χ0n) is 17.9. The predicted molar refractivity (Wildman–Crippen MR) is 122 cm³/mol. The van der Waals surface area contributed by atoms with Crippen molar-refractivity contribution in [2.45, 2.75) is 19.8 Å². The largest absolute Gasteiger partial charge is 0.455 e. The molecule has 0 unspecified atom stereocenters. The minimum Gasteiger partial charge on any atom is -0.455 e. The van der Waals surface area contributed by atoms with E-state index < -0.39 is 29.3 Å². The molecule has 1 fully saturated rings. The van der Waals surface area contributed by atoms with E-state index in [-0.39, 0.29) is 22.4 Å². The van der Waals surface area contributed by atoms with Gasteiger partial charge in [-0.15, -0.1) is 0 Å². The molecule has 0 saturated carbocycles. The number of ether oxygens (including phenoxy) is 1. The molecular weight excluding hydrogens is 452 g/mol. The number of likely N-dealkylation sites (tertiary alicyclic amines) is 1. The highest BCUT2D eigenvalue weighted by Crippen LogP contribution is 2.26. The summed E-state index contributed by atoms with van der Waals surface area (Å²) in [5, 5.41) is 16.2. The van der Waals surface area contributed by atoms with Gasteiger partial charge in [-0.05, 0) is 43.5 Å². The Morgan fingerprint density at radius 1 is 1.15 bits per heavy atom. The van der Waals surface area contributed by atoms with E-state index in [9.17, 15) is 24.5 Å². The number of nitro benzene ring substituents is 1. The van der Waals surface area contributed by atoms with Gasteiger partial charge in [0.1, 0.15) is 0 Å². The highest BCUT2D eigenvalue weighted by atomic mass is 35.5. The summed E-state index contributed by atoms with van der Waals surface area (Å²) in [5.74, 6) is -1.63. The molecule has 1 heterocycles. The van der Waals surface area contributed by atoms with Crippen LogP contribution >= 0.6 is 11.6 Å². The van der Waals surface area contributed by atoms with Gasteiger partial charge in [0, 0.05) is 30.9 Å². The second-order valence-electron chi connectivity index (χ2n) is 7.64. The van der Waals surface area contributed by atoms with E-state index in [0.29, 0.717) is 31.6 Å². The number of piperidine rings is 1. The van der Waals surface area contributed by atoms with Crippen LogP contribution in [0.15, 0.2) is 42.5 Å². The molecule has 3 rings (SSSR count). The Morgan fingerprint density at radius 2 is 1.88 bits per heavy atom. The number of benzene rings is 2. The normalized spacial score (nSPS) is 13.8. The van der Waals surface area contributed by atoms with Gasteiger partial charge in [0.2, 0.25) is 0 Å². The molecule has 11 heteroatoms. The third kappa shape index (κ3) is 6.66.